The van der Waals surface area contributed by atoms with Gasteiger partial charge in [0, 0.05) is 47.9 Å². The smallest absolute Gasteiger partial charge is 0.263 e. The zero-order valence-corrected chi connectivity index (χ0v) is 19.5. The average molecular weight is 471 g/mol. The molecule has 2 saturated heterocycles. The van der Waals surface area contributed by atoms with Crippen molar-refractivity contribution in [1.82, 2.24) is 19.4 Å². The number of aromatic nitrogens is 2. The van der Waals surface area contributed by atoms with Gasteiger partial charge < -0.3 is 9.80 Å². The lowest BCUT2D eigenvalue weighted by Crippen LogP contribution is -2.46. The van der Waals surface area contributed by atoms with Crippen molar-refractivity contribution in [2.24, 2.45) is 5.92 Å². The highest BCUT2D eigenvalue weighted by Crippen LogP contribution is 2.33. The van der Waals surface area contributed by atoms with E-state index in [4.69, 9.17) is 0 Å². The van der Waals surface area contributed by atoms with Gasteiger partial charge in [-0.15, -0.1) is 22.7 Å². The summed E-state index contributed by atoms with van der Waals surface area (Å²) in [5.41, 5.74) is 0.708. The van der Waals surface area contributed by atoms with Crippen molar-refractivity contribution in [3.05, 3.63) is 39.6 Å². The first-order valence-corrected chi connectivity index (χ1v) is 12.9. The first kappa shape index (κ1) is 21.3. The van der Waals surface area contributed by atoms with E-state index in [0.29, 0.717) is 36.1 Å². The minimum absolute atomic E-state index is 0.0112. The highest BCUT2D eigenvalue weighted by atomic mass is 32.1. The fourth-order valence-electron chi connectivity index (χ4n) is 4.69. The normalized spacial score (nSPS) is 17.8. The Morgan fingerprint density at radius 1 is 1.03 bits per heavy atom. The molecule has 5 rings (SSSR count). The number of rotatable bonds is 4. The zero-order valence-electron chi connectivity index (χ0n) is 17.9. The molecule has 0 aromatic carbocycles. The van der Waals surface area contributed by atoms with Gasteiger partial charge in [-0.1, -0.05) is 6.07 Å². The van der Waals surface area contributed by atoms with Crippen LogP contribution in [0.3, 0.4) is 0 Å². The highest BCUT2D eigenvalue weighted by molar-refractivity contribution is 7.18. The number of carbonyl (C=O) groups excluding carboxylic acids is 2. The van der Waals surface area contributed by atoms with Crippen LogP contribution >= 0.6 is 22.7 Å². The molecule has 0 atom stereocenters. The molecule has 0 bridgehead atoms. The van der Waals surface area contributed by atoms with Gasteiger partial charge in [0.15, 0.2) is 0 Å². The third-order valence-electron chi connectivity index (χ3n) is 6.52. The summed E-state index contributed by atoms with van der Waals surface area (Å²) in [5, 5.41) is 4.52. The second-order valence-corrected chi connectivity index (χ2v) is 10.3. The van der Waals surface area contributed by atoms with Crippen LogP contribution in [-0.4, -0.2) is 57.3 Å². The Morgan fingerprint density at radius 2 is 1.81 bits per heavy atom. The number of hydrogen-bond donors (Lipinski definition) is 0. The van der Waals surface area contributed by atoms with Crippen LogP contribution in [0.15, 0.2) is 34.0 Å². The summed E-state index contributed by atoms with van der Waals surface area (Å²) in [5.74, 6) is 0.170. The Bertz CT molecular complexity index is 1170. The van der Waals surface area contributed by atoms with Gasteiger partial charge in [0.1, 0.15) is 11.4 Å². The minimum atomic E-state index is -0.178. The monoisotopic (exact) mass is 470 g/mol. The lowest BCUT2D eigenvalue weighted by molar-refractivity contribution is -0.141. The summed E-state index contributed by atoms with van der Waals surface area (Å²) < 4.78 is 1.42. The first-order valence-electron chi connectivity index (χ1n) is 11.2. The molecule has 9 heteroatoms. The number of hydrogen-bond acceptors (Lipinski definition) is 6. The maximum atomic E-state index is 13.2. The third-order valence-corrected chi connectivity index (χ3v) is 8.31. The van der Waals surface area contributed by atoms with E-state index in [9.17, 15) is 14.4 Å². The Kier molecular flexibility index (Phi) is 6.10. The van der Waals surface area contributed by atoms with Crippen LogP contribution in [0.2, 0.25) is 0 Å². The zero-order chi connectivity index (χ0) is 22.1. The molecule has 3 aromatic heterocycles. The second-order valence-electron chi connectivity index (χ2n) is 8.53. The fourth-order valence-corrected chi connectivity index (χ4v) is 6.41. The van der Waals surface area contributed by atoms with E-state index in [1.165, 1.54) is 28.7 Å². The van der Waals surface area contributed by atoms with Crippen molar-refractivity contribution in [2.45, 2.75) is 38.6 Å². The van der Waals surface area contributed by atoms with E-state index in [0.717, 1.165) is 36.4 Å². The predicted octanol–water partition coefficient (Wildman–Crippen LogP) is 3.44. The van der Waals surface area contributed by atoms with Gasteiger partial charge in [0.05, 0.1) is 11.7 Å². The Balaban J connectivity index is 1.26. The van der Waals surface area contributed by atoms with E-state index in [2.05, 4.69) is 4.98 Å². The van der Waals surface area contributed by atoms with Gasteiger partial charge in [-0.05, 0) is 43.6 Å². The van der Waals surface area contributed by atoms with E-state index < -0.39 is 0 Å². The van der Waals surface area contributed by atoms with Crippen molar-refractivity contribution in [2.75, 3.05) is 26.2 Å². The molecule has 0 N–H and O–H groups in total. The maximum absolute atomic E-state index is 13.2. The molecule has 0 aliphatic carbocycles. The molecule has 0 spiro atoms. The molecule has 2 fully saturated rings. The fraction of sp³-hybridized carbons (Fsp3) is 0.478. The first-order chi connectivity index (χ1) is 15.6. The summed E-state index contributed by atoms with van der Waals surface area (Å²) in [7, 11) is 0. The molecule has 0 unspecified atom stereocenters. The van der Waals surface area contributed by atoms with Crippen LogP contribution in [0.1, 0.15) is 32.1 Å². The second kappa shape index (κ2) is 9.15. The molecule has 7 nitrogen and oxygen atoms in total. The molecular weight excluding hydrogens is 444 g/mol. The molecule has 2 amide bonds. The van der Waals surface area contributed by atoms with Gasteiger partial charge in [-0.3, -0.25) is 19.0 Å². The van der Waals surface area contributed by atoms with Crippen LogP contribution in [0.25, 0.3) is 20.7 Å². The van der Waals surface area contributed by atoms with Crippen LogP contribution in [-0.2, 0) is 16.1 Å². The molecule has 5 heterocycles. The molecule has 32 heavy (non-hydrogen) atoms. The topological polar surface area (TPSA) is 75.5 Å². The molecule has 0 saturated carbocycles. The van der Waals surface area contributed by atoms with E-state index in [-0.39, 0.29) is 29.8 Å². The number of fused-ring (bicyclic) bond motifs is 1. The number of piperidine rings is 2. The van der Waals surface area contributed by atoms with Gasteiger partial charge in [-0.2, -0.15) is 0 Å². The number of thiophene rings is 2. The van der Waals surface area contributed by atoms with Crippen molar-refractivity contribution in [3.8, 4) is 10.4 Å². The van der Waals surface area contributed by atoms with Crippen molar-refractivity contribution < 1.29 is 9.59 Å². The van der Waals surface area contributed by atoms with Gasteiger partial charge in [0.25, 0.3) is 5.56 Å². The van der Waals surface area contributed by atoms with Gasteiger partial charge in [-0.25, -0.2) is 4.98 Å². The molecule has 2 aliphatic heterocycles. The van der Waals surface area contributed by atoms with E-state index >= 15 is 0 Å². The van der Waals surface area contributed by atoms with Crippen LogP contribution in [0.4, 0.5) is 0 Å². The Labute approximate surface area is 194 Å². The van der Waals surface area contributed by atoms with Crippen molar-refractivity contribution in [3.63, 3.8) is 0 Å². The third kappa shape index (κ3) is 4.11. The van der Waals surface area contributed by atoms with E-state index in [1.54, 1.807) is 16.2 Å². The average Bonchev–Trinajstić information content (AvgIpc) is 3.51. The van der Waals surface area contributed by atoms with Crippen LogP contribution in [0, 0.1) is 5.92 Å². The molecular formula is C23H26N4O3S2. The van der Waals surface area contributed by atoms with Gasteiger partial charge >= 0.3 is 0 Å². The minimum Gasteiger partial charge on any atom is -0.342 e. The number of likely N-dealkylation sites (tertiary alicyclic amines) is 2. The van der Waals surface area contributed by atoms with Crippen LogP contribution < -0.4 is 5.56 Å². The molecule has 0 radical (unpaired) electrons. The quantitative estimate of drug-likeness (QED) is 0.585. The number of amides is 2. The Hall–Kier alpha value is -2.52. The summed E-state index contributed by atoms with van der Waals surface area (Å²) in [4.78, 5) is 48.8. The Morgan fingerprint density at radius 3 is 2.53 bits per heavy atom. The lowest BCUT2D eigenvalue weighted by Gasteiger charge is -2.35. The SMILES string of the molecule is O=C(Cn1cnc2scc(-c3cccs3)c2c1=O)N1CCC(C(=O)N2CCCCC2)CC1. The van der Waals surface area contributed by atoms with Crippen LogP contribution in [0.5, 0.6) is 0 Å². The van der Waals surface area contributed by atoms with Crippen molar-refractivity contribution in [1.29, 1.82) is 0 Å². The number of nitrogens with zero attached hydrogens (tertiary/aromatic N) is 4. The predicted molar refractivity (Wildman–Crippen MR) is 127 cm³/mol. The lowest BCUT2D eigenvalue weighted by atomic mass is 9.94. The number of carbonyl (C=O) groups is 2. The largest absolute Gasteiger partial charge is 0.342 e. The standard InChI is InChI=1S/C23H26N4O3S2/c28-19(25-10-6-16(7-11-25)22(29)26-8-2-1-3-9-26)13-27-15-24-21-20(23(27)30)17(14-32-21)18-5-4-12-31-18/h4-5,12,14-16H,1-3,6-11,13H2. The summed E-state index contributed by atoms with van der Waals surface area (Å²) in [6, 6.07) is 3.95. The summed E-state index contributed by atoms with van der Waals surface area (Å²) in [6.45, 7) is 2.84. The molecule has 2 aliphatic rings. The molecule has 3 aromatic rings. The highest BCUT2D eigenvalue weighted by Gasteiger charge is 2.31. The van der Waals surface area contributed by atoms with Gasteiger partial charge in [0.2, 0.25) is 11.8 Å². The van der Waals surface area contributed by atoms with Crippen molar-refractivity contribution >= 4 is 44.7 Å². The molecule has 168 valence electrons. The summed E-state index contributed by atoms with van der Waals surface area (Å²) in [6.07, 6.45) is 6.25. The van der Waals surface area contributed by atoms with E-state index in [1.807, 2.05) is 27.8 Å². The maximum Gasteiger partial charge on any atom is 0.263 e. The summed E-state index contributed by atoms with van der Waals surface area (Å²) >= 11 is 3.03.